The maximum absolute atomic E-state index is 14.7. The Kier molecular flexibility index (Phi) is 4.70. The van der Waals surface area contributed by atoms with Crippen LogP contribution in [0.25, 0.3) is 17.0 Å². The summed E-state index contributed by atoms with van der Waals surface area (Å²) in [4.78, 5) is 19.1. The third kappa shape index (κ3) is 3.74. The molecule has 4 heterocycles. The number of rotatable bonds is 4. The maximum Gasteiger partial charge on any atom is 0.149 e. The van der Waals surface area contributed by atoms with E-state index < -0.39 is 0 Å². The zero-order valence-corrected chi connectivity index (χ0v) is 14.9. The molecule has 0 aromatic carbocycles. The van der Waals surface area contributed by atoms with Gasteiger partial charge in [-0.25, -0.2) is 4.39 Å². The van der Waals surface area contributed by atoms with E-state index in [1.165, 1.54) is 0 Å². The standard InChI is InChI=1S/C21H18FN5/c1-15-10-17(5-6-24-15)21-18(22)11-16(12-26-21)14-27-9-3-2-4-20(27)19-13-23-7-8-25-19/h2-8,10-13H,9,14H2,1H3. The average Bonchev–Trinajstić information content (AvgIpc) is 2.69. The van der Waals surface area contributed by atoms with Crippen LogP contribution < -0.4 is 0 Å². The van der Waals surface area contributed by atoms with Crippen LogP contribution in [0, 0.1) is 12.7 Å². The van der Waals surface area contributed by atoms with E-state index in [0.717, 1.165) is 34.8 Å². The number of aromatic nitrogens is 4. The molecule has 1 aliphatic rings. The van der Waals surface area contributed by atoms with Gasteiger partial charge in [0.25, 0.3) is 0 Å². The van der Waals surface area contributed by atoms with Crippen molar-refractivity contribution in [2.45, 2.75) is 13.5 Å². The molecule has 5 nitrogen and oxygen atoms in total. The minimum absolute atomic E-state index is 0.337. The molecule has 0 spiro atoms. The molecule has 0 atom stereocenters. The zero-order chi connectivity index (χ0) is 18.6. The van der Waals surface area contributed by atoms with E-state index in [4.69, 9.17) is 0 Å². The molecule has 0 N–H and O–H groups in total. The van der Waals surface area contributed by atoms with Crippen LogP contribution in [0.4, 0.5) is 4.39 Å². The van der Waals surface area contributed by atoms with Crippen LogP contribution in [0.5, 0.6) is 0 Å². The van der Waals surface area contributed by atoms with Gasteiger partial charge in [0.05, 0.1) is 11.9 Å². The van der Waals surface area contributed by atoms with Crippen molar-refractivity contribution < 1.29 is 4.39 Å². The zero-order valence-electron chi connectivity index (χ0n) is 14.9. The van der Waals surface area contributed by atoms with Crippen molar-refractivity contribution in [3.63, 3.8) is 0 Å². The maximum atomic E-state index is 14.7. The quantitative estimate of drug-likeness (QED) is 0.709. The molecule has 0 radical (unpaired) electrons. The molecule has 27 heavy (non-hydrogen) atoms. The van der Waals surface area contributed by atoms with Gasteiger partial charge in [-0.3, -0.25) is 19.9 Å². The Hall–Kier alpha value is -3.41. The summed E-state index contributed by atoms with van der Waals surface area (Å²) in [6, 6.07) is 5.14. The number of allylic oxidation sites excluding steroid dienone is 2. The molecule has 134 valence electrons. The molecule has 4 rings (SSSR count). The van der Waals surface area contributed by atoms with Crippen LogP contribution in [-0.2, 0) is 6.54 Å². The van der Waals surface area contributed by atoms with Gasteiger partial charge >= 0.3 is 0 Å². The van der Waals surface area contributed by atoms with Crippen molar-refractivity contribution in [1.82, 2.24) is 24.8 Å². The van der Waals surface area contributed by atoms with Crippen molar-refractivity contribution in [2.75, 3.05) is 6.54 Å². The highest BCUT2D eigenvalue weighted by Gasteiger charge is 2.16. The van der Waals surface area contributed by atoms with E-state index in [1.807, 2.05) is 25.1 Å². The second-order valence-electron chi connectivity index (χ2n) is 6.31. The highest BCUT2D eigenvalue weighted by Crippen LogP contribution is 2.25. The number of aryl methyl sites for hydroxylation is 1. The van der Waals surface area contributed by atoms with Crippen LogP contribution in [0.3, 0.4) is 0 Å². The highest BCUT2D eigenvalue weighted by molar-refractivity contribution is 5.64. The first-order chi connectivity index (χ1) is 13.2. The monoisotopic (exact) mass is 359 g/mol. The summed E-state index contributed by atoms with van der Waals surface area (Å²) in [6.45, 7) is 3.13. The van der Waals surface area contributed by atoms with E-state index in [9.17, 15) is 4.39 Å². The normalized spacial score (nSPS) is 13.6. The molecule has 6 heteroatoms. The van der Waals surface area contributed by atoms with Gasteiger partial charge in [0.2, 0.25) is 0 Å². The first kappa shape index (κ1) is 17.0. The Morgan fingerprint density at radius 1 is 1.07 bits per heavy atom. The predicted octanol–water partition coefficient (Wildman–Crippen LogP) is 3.79. The lowest BCUT2D eigenvalue weighted by atomic mass is 10.1. The molecule has 0 unspecified atom stereocenters. The van der Waals surface area contributed by atoms with E-state index in [1.54, 1.807) is 43.1 Å². The smallest absolute Gasteiger partial charge is 0.149 e. The first-order valence-electron chi connectivity index (χ1n) is 8.66. The first-order valence-corrected chi connectivity index (χ1v) is 8.66. The summed E-state index contributed by atoms with van der Waals surface area (Å²) in [6.07, 6.45) is 14.5. The van der Waals surface area contributed by atoms with Gasteiger partial charge in [0, 0.05) is 49.1 Å². The van der Waals surface area contributed by atoms with Gasteiger partial charge in [-0.2, -0.15) is 0 Å². The topological polar surface area (TPSA) is 54.8 Å². The van der Waals surface area contributed by atoms with Crippen LogP contribution in [0.1, 0.15) is 17.0 Å². The Balaban J connectivity index is 1.59. The van der Waals surface area contributed by atoms with Gasteiger partial charge < -0.3 is 4.90 Å². The van der Waals surface area contributed by atoms with Crippen molar-refractivity contribution >= 4 is 5.70 Å². The summed E-state index contributed by atoms with van der Waals surface area (Å²) in [7, 11) is 0. The number of hydrogen-bond acceptors (Lipinski definition) is 5. The van der Waals surface area contributed by atoms with Gasteiger partial charge in [-0.05, 0) is 36.8 Å². The minimum Gasteiger partial charge on any atom is -0.362 e. The fourth-order valence-corrected chi connectivity index (χ4v) is 3.07. The predicted molar refractivity (Wildman–Crippen MR) is 102 cm³/mol. The summed E-state index contributed by atoms with van der Waals surface area (Å²) < 4.78 is 14.7. The molecule has 3 aromatic rings. The summed E-state index contributed by atoms with van der Waals surface area (Å²) in [5.41, 5.74) is 4.45. The van der Waals surface area contributed by atoms with E-state index in [2.05, 4.69) is 30.9 Å². The van der Waals surface area contributed by atoms with Crippen molar-refractivity contribution in [1.29, 1.82) is 0 Å². The SMILES string of the molecule is Cc1cc(-c2ncc(CN3CC=CC=C3c3cnccn3)cc2F)ccn1. The van der Waals surface area contributed by atoms with Gasteiger partial charge in [-0.15, -0.1) is 0 Å². The van der Waals surface area contributed by atoms with E-state index in [-0.39, 0.29) is 5.82 Å². The lowest BCUT2D eigenvalue weighted by Gasteiger charge is -2.27. The van der Waals surface area contributed by atoms with E-state index in [0.29, 0.717) is 12.2 Å². The molecule has 0 saturated heterocycles. The Labute approximate surface area is 157 Å². The van der Waals surface area contributed by atoms with Crippen molar-refractivity contribution in [2.24, 2.45) is 0 Å². The lowest BCUT2D eigenvalue weighted by molar-refractivity contribution is 0.425. The fraction of sp³-hybridized carbons (Fsp3) is 0.143. The largest absolute Gasteiger partial charge is 0.362 e. The van der Waals surface area contributed by atoms with Gasteiger partial charge in [0.1, 0.15) is 17.2 Å². The molecule has 1 aliphatic heterocycles. The van der Waals surface area contributed by atoms with Gasteiger partial charge in [0.15, 0.2) is 0 Å². The Morgan fingerprint density at radius 2 is 2.00 bits per heavy atom. The average molecular weight is 359 g/mol. The summed E-state index contributed by atoms with van der Waals surface area (Å²) >= 11 is 0. The number of hydrogen-bond donors (Lipinski definition) is 0. The molecular weight excluding hydrogens is 341 g/mol. The van der Waals surface area contributed by atoms with Gasteiger partial charge in [-0.1, -0.05) is 12.2 Å². The second kappa shape index (κ2) is 7.45. The lowest BCUT2D eigenvalue weighted by Crippen LogP contribution is -2.24. The van der Waals surface area contributed by atoms with Crippen molar-refractivity contribution in [3.8, 4) is 11.3 Å². The molecular formula is C21H18FN5. The molecule has 0 bridgehead atoms. The number of nitrogens with zero attached hydrogens (tertiary/aromatic N) is 5. The summed E-state index contributed by atoms with van der Waals surface area (Å²) in [5.74, 6) is -0.337. The summed E-state index contributed by atoms with van der Waals surface area (Å²) in [5, 5.41) is 0. The van der Waals surface area contributed by atoms with Crippen LogP contribution >= 0.6 is 0 Å². The van der Waals surface area contributed by atoms with Crippen molar-refractivity contribution in [3.05, 3.63) is 90.2 Å². The second-order valence-corrected chi connectivity index (χ2v) is 6.31. The molecule has 0 aliphatic carbocycles. The Morgan fingerprint density at radius 3 is 2.78 bits per heavy atom. The molecule has 0 saturated carbocycles. The highest BCUT2D eigenvalue weighted by atomic mass is 19.1. The number of pyridine rings is 2. The molecule has 0 amide bonds. The minimum atomic E-state index is -0.337. The fourth-order valence-electron chi connectivity index (χ4n) is 3.07. The molecule has 0 fully saturated rings. The third-order valence-corrected chi connectivity index (χ3v) is 4.32. The number of halogens is 1. The third-order valence-electron chi connectivity index (χ3n) is 4.32. The van der Waals surface area contributed by atoms with E-state index >= 15 is 0 Å². The molecule has 3 aromatic heterocycles. The van der Waals surface area contributed by atoms with Crippen LogP contribution in [0.2, 0.25) is 0 Å². The Bertz CT molecular complexity index is 1010. The van der Waals surface area contributed by atoms with Crippen LogP contribution in [-0.4, -0.2) is 31.4 Å². The van der Waals surface area contributed by atoms with Crippen LogP contribution in [0.15, 0.2) is 67.4 Å².